The highest BCUT2D eigenvalue weighted by Gasteiger charge is 2.29. The van der Waals surface area contributed by atoms with E-state index in [2.05, 4.69) is 5.32 Å². The lowest BCUT2D eigenvalue weighted by atomic mass is 10.0. The third-order valence-electron chi connectivity index (χ3n) is 5.45. The van der Waals surface area contributed by atoms with E-state index in [1.54, 1.807) is 0 Å². The smallest absolute Gasteiger partial charge is 0.264 e. The lowest BCUT2D eigenvalue weighted by Crippen LogP contribution is -2.42. The third-order valence-corrected chi connectivity index (χ3v) is 7.22. The Balaban J connectivity index is 1.64. The van der Waals surface area contributed by atoms with E-state index < -0.39 is 28.3 Å². The van der Waals surface area contributed by atoms with E-state index in [1.807, 2.05) is 37.3 Å². The summed E-state index contributed by atoms with van der Waals surface area (Å²) < 4.78 is 52.7. The van der Waals surface area contributed by atoms with Gasteiger partial charge in [0.2, 0.25) is 5.91 Å². The molecule has 34 heavy (non-hydrogen) atoms. The second-order valence-electron chi connectivity index (χ2n) is 7.73. The SMILES string of the molecule is CCC(NC(=O)CN(c1ccc(F)cc1)S(=O)(=O)c1ccc2c(c1)OCCO2)c1ccccc1. The highest BCUT2D eigenvalue weighted by Crippen LogP contribution is 2.34. The van der Waals surface area contributed by atoms with E-state index >= 15 is 0 Å². The number of hydrogen-bond donors (Lipinski definition) is 1. The summed E-state index contributed by atoms with van der Waals surface area (Å²) in [6.45, 7) is 2.13. The van der Waals surface area contributed by atoms with Gasteiger partial charge in [-0.05, 0) is 48.4 Å². The van der Waals surface area contributed by atoms with Crippen LogP contribution in [0.1, 0.15) is 24.9 Å². The van der Waals surface area contributed by atoms with Crippen LogP contribution in [0, 0.1) is 5.82 Å². The number of benzene rings is 3. The van der Waals surface area contributed by atoms with Gasteiger partial charge in [-0.15, -0.1) is 0 Å². The van der Waals surface area contributed by atoms with Crippen molar-refractivity contribution in [3.63, 3.8) is 0 Å². The van der Waals surface area contributed by atoms with E-state index in [-0.39, 0.29) is 16.6 Å². The van der Waals surface area contributed by atoms with Crippen molar-refractivity contribution in [3.8, 4) is 11.5 Å². The molecule has 0 saturated heterocycles. The molecule has 1 aliphatic rings. The lowest BCUT2D eigenvalue weighted by Gasteiger charge is -2.26. The summed E-state index contributed by atoms with van der Waals surface area (Å²) in [5.41, 5.74) is 1.08. The average molecular weight is 485 g/mol. The van der Waals surface area contributed by atoms with Gasteiger partial charge in [0.1, 0.15) is 25.6 Å². The molecule has 0 bridgehead atoms. The maximum absolute atomic E-state index is 13.6. The average Bonchev–Trinajstić information content (AvgIpc) is 2.86. The van der Waals surface area contributed by atoms with Gasteiger partial charge in [0.25, 0.3) is 10.0 Å². The molecule has 1 N–H and O–H groups in total. The van der Waals surface area contributed by atoms with Crippen molar-refractivity contribution in [2.45, 2.75) is 24.3 Å². The van der Waals surface area contributed by atoms with Crippen molar-refractivity contribution in [3.05, 3.63) is 84.2 Å². The van der Waals surface area contributed by atoms with Crippen LogP contribution in [0.2, 0.25) is 0 Å². The summed E-state index contributed by atoms with van der Waals surface area (Å²) in [7, 11) is -4.19. The molecule has 0 fully saturated rings. The van der Waals surface area contributed by atoms with Crippen molar-refractivity contribution in [1.82, 2.24) is 5.32 Å². The quantitative estimate of drug-likeness (QED) is 0.521. The predicted octanol–water partition coefficient (Wildman–Crippen LogP) is 4.06. The number of hydrogen-bond acceptors (Lipinski definition) is 5. The molecule has 1 aliphatic heterocycles. The van der Waals surface area contributed by atoms with Gasteiger partial charge < -0.3 is 14.8 Å². The Morgan fingerprint density at radius 2 is 1.68 bits per heavy atom. The largest absolute Gasteiger partial charge is 0.486 e. The zero-order valence-electron chi connectivity index (χ0n) is 18.6. The second kappa shape index (κ2) is 10.1. The minimum Gasteiger partial charge on any atom is -0.486 e. The predicted molar refractivity (Wildman–Crippen MR) is 126 cm³/mol. The molecule has 1 amide bonds. The number of anilines is 1. The van der Waals surface area contributed by atoms with Crippen LogP contribution in [-0.2, 0) is 14.8 Å². The number of carbonyl (C=O) groups is 1. The molecule has 0 aromatic heterocycles. The zero-order chi connectivity index (χ0) is 24.1. The van der Waals surface area contributed by atoms with Crippen molar-refractivity contribution < 1.29 is 27.1 Å². The van der Waals surface area contributed by atoms with Crippen LogP contribution in [-0.4, -0.2) is 34.1 Å². The van der Waals surface area contributed by atoms with Gasteiger partial charge in [0.15, 0.2) is 11.5 Å². The number of fused-ring (bicyclic) bond motifs is 1. The van der Waals surface area contributed by atoms with Crippen molar-refractivity contribution in [2.75, 3.05) is 24.1 Å². The van der Waals surface area contributed by atoms with Crippen LogP contribution in [0.4, 0.5) is 10.1 Å². The van der Waals surface area contributed by atoms with Gasteiger partial charge in [0, 0.05) is 6.07 Å². The number of nitrogens with zero attached hydrogens (tertiary/aromatic N) is 1. The first-order valence-electron chi connectivity index (χ1n) is 10.9. The molecule has 4 rings (SSSR count). The molecular weight excluding hydrogens is 459 g/mol. The first-order chi connectivity index (χ1) is 16.4. The number of halogens is 1. The molecular formula is C25H25FN2O5S. The fourth-order valence-electron chi connectivity index (χ4n) is 3.71. The summed E-state index contributed by atoms with van der Waals surface area (Å²) in [4.78, 5) is 12.9. The van der Waals surface area contributed by atoms with E-state index in [1.165, 1.54) is 30.3 Å². The first-order valence-corrected chi connectivity index (χ1v) is 12.3. The van der Waals surface area contributed by atoms with E-state index in [9.17, 15) is 17.6 Å². The summed E-state index contributed by atoms with van der Waals surface area (Å²) in [6, 6.07) is 18.4. The summed E-state index contributed by atoms with van der Waals surface area (Å²) >= 11 is 0. The van der Waals surface area contributed by atoms with Gasteiger partial charge in [-0.1, -0.05) is 37.3 Å². The number of sulfonamides is 1. The highest BCUT2D eigenvalue weighted by molar-refractivity contribution is 7.92. The standard InChI is InChI=1S/C25H25FN2O5S/c1-2-22(18-6-4-3-5-7-18)27-25(29)17-28(20-10-8-19(26)9-11-20)34(30,31)21-12-13-23-24(16-21)33-15-14-32-23/h3-13,16,22H,2,14-15,17H2,1H3,(H,27,29). The summed E-state index contributed by atoms with van der Waals surface area (Å²) in [5, 5.41) is 2.90. The first kappa shape index (κ1) is 23.6. The third kappa shape index (κ3) is 5.14. The van der Waals surface area contributed by atoms with Gasteiger partial charge in [-0.2, -0.15) is 0 Å². The Labute approximate surface area is 198 Å². The van der Waals surface area contributed by atoms with Crippen molar-refractivity contribution in [1.29, 1.82) is 0 Å². The number of carbonyl (C=O) groups excluding carboxylic acids is 1. The molecule has 1 heterocycles. The van der Waals surface area contributed by atoms with Crippen LogP contribution in [0.3, 0.4) is 0 Å². The highest BCUT2D eigenvalue weighted by atomic mass is 32.2. The summed E-state index contributed by atoms with van der Waals surface area (Å²) in [5.74, 6) is -0.239. The van der Waals surface area contributed by atoms with Crippen LogP contribution in [0.5, 0.6) is 11.5 Å². The van der Waals surface area contributed by atoms with Crippen LogP contribution >= 0.6 is 0 Å². The molecule has 0 spiro atoms. The molecule has 0 aliphatic carbocycles. The lowest BCUT2D eigenvalue weighted by molar-refractivity contribution is -0.120. The van der Waals surface area contributed by atoms with E-state index in [0.717, 1.165) is 22.0 Å². The Morgan fingerprint density at radius 1 is 1.00 bits per heavy atom. The Morgan fingerprint density at radius 3 is 2.35 bits per heavy atom. The fraction of sp³-hybridized carbons (Fsp3) is 0.240. The molecule has 178 valence electrons. The molecule has 0 radical (unpaired) electrons. The molecule has 9 heteroatoms. The maximum Gasteiger partial charge on any atom is 0.264 e. The molecule has 0 saturated carbocycles. The maximum atomic E-state index is 13.6. The minimum absolute atomic E-state index is 0.0658. The van der Waals surface area contributed by atoms with Crippen molar-refractivity contribution in [2.24, 2.45) is 0 Å². The second-order valence-corrected chi connectivity index (χ2v) is 9.59. The molecule has 1 atom stereocenters. The molecule has 3 aromatic rings. The zero-order valence-corrected chi connectivity index (χ0v) is 19.4. The number of amides is 1. The van der Waals surface area contributed by atoms with E-state index in [0.29, 0.717) is 31.1 Å². The Kier molecular flexibility index (Phi) is 7.02. The van der Waals surface area contributed by atoms with Crippen LogP contribution < -0.4 is 19.1 Å². The normalized spacial score (nSPS) is 13.7. The van der Waals surface area contributed by atoms with E-state index in [4.69, 9.17) is 9.47 Å². The number of nitrogens with one attached hydrogen (secondary N) is 1. The topological polar surface area (TPSA) is 84.9 Å². The monoisotopic (exact) mass is 484 g/mol. The minimum atomic E-state index is -4.19. The van der Waals surface area contributed by atoms with Crippen LogP contribution in [0.25, 0.3) is 0 Å². The van der Waals surface area contributed by atoms with Crippen LogP contribution in [0.15, 0.2) is 77.7 Å². The molecule has 7 nitrogen and oxygen atoms in total. The van der Waals surface area contributed by atoms with Gasteiger partial charge in [-0.25, -0.2) is 12.8 Å². The Bertz CT molecular complexity index is 1250. The summed E-state index contributed by atoms with van der Waals surface area (Å²) in [6.07, 6.45) is 0.626. The van der Waals surface area contributed by atoms with Gasteiger partial charge in [-0.3, -0.25) is 9.10 Å². The Hall–Kier alpha value is -3.59. The van der Waals surface area contributed by atoms with Gasteiger partial charge >= 0.3 is 0 Å². The molecule has 3 aromatic carbocycles. The fourth-order valence-corrected chi connectivity index (χ4v) is 5.15. The van der Waals surface area contributed by atoms with Gasteiger partial charge in [0.05, 0.1) is 16.6 Å². The molecule has 1 unspecified atom stereocenters. The number of rotatable bonds is 8. The number of ether oxygens (including phenoxy) is 2. The van der Waals surface area contributed by atoms with Crippen molar-refractivity contribution >= 4 is 21.6 Å².